The normalized spacial score (nSPS) is 9.65. The second-order valence-corrected chi connectivity index (χ2v) is 4.00. The van der Waals surface area contributed by atoms with Gasteiger partial charge in [0, 0.05) is 6.20 Å². The van der Waals surface area contributed by atoms with E-state index in [1.165, 1.54) is 23.6 Å². The van der Waals surface area contributed by atoms with Crippen molar-refractivity contribution in [1.82, 2.24) is 4.98 Å². The highest BCUT2D eigenvalue weighted by atomic mass is 32.1. The van der Waals surface area contributed by atoms with Crippen molar-refractivity contribution in [2.45, 2.75) is 0 Å². The van der Waals surface area contributed by atoms with Crippen LogP contribution in [0.4, 0.5) is 9.39 Å². The SMILES string of the molecule is N#Cc1ccsc1NC(=O)c1ccncc1F. The van der Waals surface area contributed by atoms with Crippen LogP contribution in [0.5, 0.6) is 0 Å². The average Bonchev–Trinajstić information content (AvgIpc) is 2.76. The number of aromatic nitrogens is 1. The van der Waals surface area contributed by atoms with Crippen molar-refractivity contribution in [1.29, 1.82) is 5.26 Å². The van der Waals surface area contributed by atoms with Gasteiger partial charge in [-0.3, -0.25) is 9.78 Å². The first-order valence-corrected chi connectivity index (χ1v) is 5.49. The highest BCUT2D eigenvalue weighted by Gasteiger charge is 2.13. The Morgan fingerprint density at radius 2 is 2.35 bits per heavy atom. The van der Waals surface area contributed by atoms with E-state index in [9.17, 15) is 9.18 Å². The molecule has 6 heteroatoms. The number of nitrogens with one attached hydrogen (secondary N) is 1. The Labute approximate surface area is 100 Å². The lowest BCUT2D eigenvalue weighted by molar-refractivity contribution is 0.102. The van der Waals surface area contributed by atoms with Crippen LogP contribution in [0.1, 0.15) is 15.9 Å². The van der Waals surface area contributed by atoms with E-state index in [1.54, 1.807) is 11.4 Å². The predicted octanol–water partition coefficient (Wildman–Crippen LogP) is 2.41. The van der Waals surface area contributed by atoms with Gasteiger partial charge in [-0.25, -0.2) is 4.39 Å². The molecule has 84 valence electrons. The Bertz CT molecular complexity index is 603. The first-order valence-electron chi connectivity index (χ1n) is 4.61. The second-order valence-electron chi connectivity index (χ2n) is 3.08. The molecule has 2 aromatic rings. The molecule has 0 saturated carbocycles. The first kappa shape index (κ1) is 11.2. The largest absolute Gasteiger partial charge is 0.312 e. The minimum Gasteiger partial charge on any atom is -0.312 e. The van der Waals surface area contributed by atoms with Crippen molar-refractivity contribution in [3.8, 4) is 6.07 Å². The van der Waals surface area contributed by atoms with Gasteiger partial charge in [-0.05, 0) is 17.5 Å². The Kier molecular flexibility index (Phi) is 3.12. The van der Waals surface area contributed by atoms with Crippen molar-refractivity contribution in [2.75, 3.05) is 5.32 Å². The number of pyridine rings is 1. The molecule has 0 atom stereocenters. The van der Waals surface area contributed by atoms with E-state index < -0.39 is 11.7 Å². The molecule has 4 nitrogen and oxygen atoms in total. The summed E-state index contributed by atoms with van der Waals surface area (Å²) in [4.78, 5) is 15.3. The Balaban J connectivity index is 2.24. The number of halogens is 1. The topological polar surface area (TPSA) is 65.8 Å². The molecule has 0 aliphatic carbocycles. The molecule has 0 bridgehead atoms. The number of hydrogen-bond acceptors (Lipinski definition) is 4. The van der Waals surface area contributed by atoms with Crippen molar-refractivity contribution < 1.29 is 9.18 Å². The van der Waals surface area contributed by atoms with Crippen LogP contribution in [0.2, 0.25) is 0 Å². The molecule has 2 rings (SSSR count). The highest BCUT2D eigenvalue weighted by Crippen LogP contribution is 2.23. The van der Waals surface area contributed by atoms with E-state index in [0.29, 0.717) is 10.6 Å². The number of carbonyl (C=O) groups is 1. The summed E-state index contributed by atoms with van der Waals surface area (Å²) in [6.07, 6.45) is 2.30. The lowest BCUT2D eigenvalue weighted by Gasteiger charge is -2.03. The fourth-order valence-electron chi connectivity index (χ4n) is 1.22. The third kappa shape index (κ3) is 2.29. The lowest BCUT2D eigenvalue weighted by Crippen LogP contribution is -2.13. The van der Waals surface area contributed by atoms with Crippen LogP contribution in [0.3, 0.4) is 0 Å². The summed E-state index contributed by atoms with van der Waals surface area (Å²) >= 11 is 1.21. The molecular weight excluding hydrogens is 241 g/mol. The quantitative estimate of drug-likeness (QED) is 0.886. The van der Waals surface area contributed by atoms with Gasteiger partial charge in [0.25, 0.3) is 5.91 Å². The van der Waals surface area contributed by atoms with Gasteiger partial charge >= 0.3 is 0 Å². The van der Waals surface area contributed by atoms with Crippen LogP contribution in [0, 0.1) is 17.1 Å². The van der Waals surface area contributed by atoms with Crippen molar-refractivity contribution >= 4 is 22.2 Å². The van der Waals surface area contributed by atoms with Crippen LogP contribution < -0.4 is 5.32 Å². The molecule has 0 aliphatic rings. The van der Waals surface area contributed by atoms with E-state index in [0.717, 1.165) is 6.20 Å². The van der Waals surface area contributed by atoms with E-state index in [2.05, 4.69) is 10.3 Å². The lowest BCUT2D eigenvalue weighted by atomic mass is 10.2. The van der Waals surface area contributed by atoms with Gasteiger partial charge in [0.05, 0.1) is 17.3 Å². The van der Waals surface area contributed by atoms with Crippen LogP contribution in [0.25, 0.3) is 0 Å². The smallest absolute Gasteiger partial charge is 0.259 e. The maximum Gasteiger partial charge on any atom is 0.259 e. The number of carbonyl (C=O) groups excluding carboxylic acids is 1. The number of anilines is 1. The molecule has 0 aliphatic heterocycles. The van der Waals surface area contributed by atoms with Crippen LogP contribution in [-0.4, -0.2) is 10.9 Å². The molecular formula is C11H6FN3OS. The summed E-state index contributed by atoms with van der Waals surface area (Å²) in [7, 11) is 0. The molecule has 2 aromatic heterocycles. The third-order valence-corrected chi connectivity index (χ3v) is 2.86. The van der Waals surface area contributed by atoms with Gasteiger partial charge in [0.15, 0.2) is 5.82 Å². The summed E-state index contributed by atoms with van der Waals surface area (Å²) < 4.78 is 13.3. The molecule has 2 heterocycles. The zero-order valence-corrected chi connectivity index (χ0v) is 9.29. The maximum absolute atomic E-state index is 13.3. The minimum atomic E-state index is -0.694. The molecule has 0 saturated heterocycles. The van der Waals surface area contributed by atoms with Gasteiger partial charge in [-0.1, -0.05) is 0 Å². The first-order chi connectivity index (χ1) is 8.22. The number of hydrogen-bond donors (Lipinski definition) is 1. The molecule has 1 amide bonds. The fraction of sp³-hybridized carbons (Fsp3) is 0. The van der Waals surface area contributed by atoms with E-state index >= 15 is 0 Å². The number of nitriles is 1. The van der Waals surface area contributed by atoms with Crippen molar-refractivity contribution in [3.05, 3.63) is 46.9 Å². The van der Waals surface area contributed by atoms with E-state index in [1.807, 2.05) is 6.07 Å². The Morgan fingerprint density at radius 3 is 3.06 bits per heavy atom. The Morgan fingerprint density at radius 1 is 1.53 bits per heavy atom. The third-order valence-electron chi connectivity index (χ3n) is 2.03. The van der Waals surface area contributed by atoms with Gasteiger partial charge in [0.1, 0.15) is 11.1 Å². The summed E-state index contributed by atoms with van der Waals surface area (Å²) in [6, 6.07) is 4.81. The minimum absolute atomic E-state index is 0.0997. The average molecular weight is 247 g/mol. The van der Waals surface area contributed by atoms with Crippen LogP contribution in [-0.2, 0) is 0 Å². The highest BCUT2D eigenvalue weighted by molar-refractivity contribution is 7.14. The molecule has 17 heavy (non-hydrogen) atoms. The number of thiophene rings is 1. The van der Waals surface area contributed by atoms with Crippen LogP contribution >= 0.6 is 11.3 Å². The number of rotatable bonds is 2. The number of amides is 1. The standard InChI is InChI=1S/C11H6FN3OS/c12-9-6-14-3-1-8(9)10(16)15-11-7(5-13)2-4-17-11/h1-4,6H,(H,15,16). The summed E-state index contributed by atoms with van der Waals surface area (Å²) in [5.74, 6) is -1.29. The van der Waals surface area contributed by atoms with Gasteiger partial charge in [-0.2, -0.15) is 5.26 Å². The fourth-order valence-corrected chi connectivity index (χ4v) is 1.96. The van der Waals surface area contributed by atoms with Crippen molar-refractivity contribution in [2.24, 2.45) is 0 Å². The molecule has 1 N–H and O–H groups in total. The Hall–Kier alpha value is -2.26. The molecule has 0 aromatic carbocycles. The zero-order valence-electron chi connectivity index (χ0n) is 8.48. The maximum atomic E-state index is 13.3. The molecule has 0 fully saturated rings. The van der Waals surface area contributed by atoms with Gasteiger partial charge in [0.2, 0.25) is 0 Å². The molecule has 0 unspecified atom stereocenters. The monoisotopic (exact) mass is 247 g/mol. The summed E-state index contributed by atoms with van der Waals surface area (Å²) in [6.45, 7) is 0. The summed E-state index contributed by atoms with van der Waals surface area (Å²) in [5.41, 5.74) is 0.259. The van der Waals surface area contributed by atoms with Crippen molar-refractivity contribution in [3.63, 3.8) is 0 Å². The second kappa shape index (κ2) is 4.72. The van der Waals surface area contributed by atoms with Gasteiger partial charge in [-0.15, -0.1) is 11.3 Å². The van der Waals surface area contributed by atoms with Gasteiger partial charge < -0.3 is 5.32 Å². The van der Waals surface area contributed by atoms with Crippen LogP contribution in [0.15, 0.2) is 29.9 Å². The molecule has 0 radical (unpaired) electrons. The number of nitrogens with zero attached hydrogens (tertiary/aromatic N) is 2. The molecule has 0 spiro atoms. The van der Waals surface area contributed by atoms with E-state index in [4.69, 9.17) is 5.26 Å². The zero-order chi connectivity index (χ0) is 12.3. The predicted molar refractivity (Wildman–Crippen MR) is 61.2 cm³/mol. The summed E-state index contributed by atoms with van der Waals surface area (Å²) in [5, 5.41) is 13.3. The van der Waals surface area contributed by atoms with E-state index in [-0.39, 0.29) is 5.56 Å².